The maximum absolute atomic E-state index is 11.9. The van der Waals surface area contributed by atoms with Gasteiger partial charge in [0.2, 0.25) is 11.1 Å². The standard InChI is InChI=1S/C16H21N5O3S/c1-2-24-15(23)9-6-10-17-14(22)12-25-16-18-19-20-21(16)11-13-7-4-3-5-8-13/h3-5,7-8H,2,6,9-12H2,1H3,(H,17,22). The van der Waals surface area contributed by atoms with E-state index in [4.69, 9.17) is 4.74 Å². The maximum atomic E-state index is 11.9. The number of carbonyl (C=O) groups excluding carboxylic acids is 2. The molecular formula is C16H21N5O3S. The number of aromatic nitrogens is 4. The highest BCUT2D eigenvalue weighted by Gasteiger charge is 2.10. The number of esters is 1. The summed E-state index contributed by atoms with van der Waals surface area (Å²) in [7, 11) is 0. The Morgan fingerprint density at radius 3 is 2.84 bits per heavy atom. The van der Waals surface area contributed by atoms with E-state index < -0.39 is 0 Å². The fourth-order valence-corrected chi connectivity index (χ4v) is 2.74. The Balaban J connectivity index is 1.70. The number of thioether (sulfide) groups is 1. The highest BCUT2D eigenvalue weighted by Crippen LogP contribution is 2.14. The molecule has 1 N–H and O–H groups in total. The Hall–Kier alpha value is -2.42. The second-order valence-corrected chi connectivity index (χ2v) is 6.09. The average molecular weight is 363 g/mol. The molecule has 0 saturated heterocycles. The average Bonchev–Trinajstić information content (AvgIpc) is 3.05. The van der Waals surface area contributed by atoms with Crippen molar-refractivity contribution in [1.82, 2.24) is 25.5 Å². The van der Waals surface area contributed by atoms with Gasteiger partial charge >= 0.3 is 5.97 Å². The number of carbonyl (C=O) groups is 2. The lowest BCUT2D eigenvalue weighted by Gasteiger charge is -2.06. The van der Waals surface area contributed by atoms with E-state index in [0.29, 0.717) is 37.7 Å². The molecule has 2 rings (SSSR count). The van der Waals surface area contributed by atoms with Crippen molar-refractivity contribution < 1.29 is 14.3 Å². The third kappa shape index (κ3) is 6.92. The van der Waals surface area contributed by atoms with E-state index >= 15 is 0 Å². The molecule has 134 valence electrons. The van der Waals surface area contributed by atoms with Gasteiger partial charge in [-0.05, 0) is 29.3 Å². The van der Waals surface area contributed by atoms with Crippen LogP contribution in [0.2, 0.25) is 0 Å². The quantitative estimate of drug-likeness (QED) is 0.385. The van der Waals surface area contributed by atoms with E-state index in [1.54, 1.807) is 11.6 Å². The summed E-state index contributed by atoms with van der Waals surface area (Å²) in [6, 6.07) is 9.84. The zero-order valence-electron chi connectivity index (χ0n) is 14.1. The highest BCUT2D eigenvalue weighted by molar-refractivity contribution is 7.99. The molecule has 0 atom stereocenters. The van der Waals surface area contributed by atoms with Crippen LogP contribution in [0, 0.1) is 0 Å². The van der Waals surface area contributed by atoms with E-state index in [1.165, 1.54) is 11.8 Å². The van der Waals surface area contributed by atoms with Gasteiger partial charge in [-0.2, -0.15) is 0 Å². The molecule has 8 nitrogen and oxygen atoms in total. The summed E-state index contributed by atoms with van der Waals surface area (Å²) in [5, 5.41) is 14.9. The van der Waals surface area contributed by atoms with Crippen LogP contribution in [0.3, 0.4) is 0 Å². The lowest BCUT2D eigenvalue weighted by molar-refractivity contribution is -0.143. The number of rotatable bonds is 10. The molecule has 1 amide bonds. The Bertz CT molecular complexity index is 677. The smallest absolute Gasteiger partial charge is 0.305 e. The normalized spacial score (nSPS) is 10.4. The molecule has 0 bridgehead atoms. The number of hydrogen-bond acceptors (Lipinski definition) is 7. The van der Waals surface area contributed by atoms with Crippen molar-refractivity contribution in [2.75, 3.05) is 18.9 Å². The number of benzene rings is 1. The third-order valence-corrected chi connectivity index (χ3v) is 4.15. The van der Waals surface area contributed by atoms with Crippen molar-refractivity contribution >= 4 is 23.6 Å². The van der Waals surface area contributed by atoms with Crippen molar-refractivity contribution in [2.45, 2.75) is 31.5 Å². The Morgan fingerprint density at radius 1 is 1.28 bits per heavy atom. The predicted octanol–water partition coefficient (Wildman–Crippen LogP) is 1.27. The Kier molecular flexibility index (Phi) is 7.90. The highest BCUT2D eigenvalue weighted by atomic mass is 32.2. The Labute approximate surface area is 150 Å². The number of amides is 1. The van der Waals surface area contributed by atoms with Crippen molar-refractivity contribution in [1.29, 1.82) is 0 Å². The molecule has 9 heteroatoms. The van der Waals surface area contributed by atoms with Gasteiger partial charge in [0.05, 0.1) is 18.9 Å². The van der Waals surface area contributed by atoms with Gasteiger partial charge in [-0.15, -0.1) is 5.10 Å². The molecule has 0 aliphatic rings. The van der Waals surface area contributed by atoms with Gasteiger partial charge in [-0.1, -0.05) is 42.1 Å². The molecule has 0 saturated carbocycles. The molecule has 1 aromatic carbocycles. The van der Waals surface area contributed by atoms with Crippen LogP contribution in [0.5, 0.6) is 0 Å². The monoisotopic (exact) mass is 363 g/mol. The molecule has 0 aliphatic carbocycles. The minimum absolute atomic E-state index is 0.122. The van der Waals surface area contributed by atoms with Crippen LogP contribution in [0.4, 0.5) is 0 Å². The van der Waals surface area contributed by atoms with Crippen LogP contribution in [-0.2, 0) is 20.9 Å². The van der Waals surface area contributed by atoms with Crippen LogP contribution in [0.1, 0.15) is 25.3 Å². The number of nitrogens with zero attached hydrogens (tertiary/aromatic N) is 4. The summed E-state index contributed by atoms with van der Waals surface area (Å²) in [5.41, 5.74) is 1.08. The third-order valence-electron chi connectivity index (χ3n) is 3.19. The van der Waals surface area contributed by atoms with Gasteiger partial charge in [0.1, 0.15) is 0 Å². The summed E-state index contributed by atoms with van der Waals surface area (Å²) in [6.07, 6.45) is 0.859. The number of hydrogen-bond donors (Lipinski definition) is 1. The number of nitrogens with one attached hydrogen (secondary N) is 1. The largest absolute Gasteiger partial charge is 0.466 e. The van der Waals surface area contributed by atoms with Gasteiger partial charge in [0, 0.05) is 13.0 Å². The second-order valence-electron chi connectivity index (χ2n) is 5.15. The van der Waals surface area contributed by atoms with Crippen LogP contribution in [0.15, 0.2) is 35.5 Å². The molecule has 1 heterocycles. The first-order chi connectivity index (χ1) is 12.2. The van der Waals surface area contributed by atoms with E-state index in [0.717, 1.165) is 5.56 Å². The lowest BCUT2D eigenvalue weighted by atomic mass is 10.2. The molecule has 0 radical (unpaired) electrons. The summed E-state index contributed by atoms with van der Waals surface area (Å²) in [4.78, 5) is 23.0. The van der Waals surface area contributed by atoms with Crippen LogP contribution in [-0.4, -0.2) is 51.0 Å². The van der Waals surface area contributed by atoms with Crippen molar-refractivity contribution in [2.24, 2.45) is 0 Å². The molecule has 0 fully saturated rings. The molecule has 25 heavy (non-hydrogen) atoms. The van der Waals surface area contributed by atoms with Gasteiger partial charge in [-0.3, -0.25) is 9.59 Å². The van der Waals surface area contributed by atoms with Gasteiger partial charge in [0.25, 0.3) is 0 Å². The molecule has 0 unspecified atom stereocenters. The molecule has 0 aliphatic heterocycles. The van der Waals surface area contributed by atoms with Gasteiger partial charge < -0.3 is 10.1 Å². The topological polar surface area (TPSA) is 99.0 Å². The van der Waals surface area contributed by atoms with E-state index in [2.05, 4.69) is 20.8 Å². The summed E-state index contributed by atoms with van der Waals surface area (Å²) in [6.45, 7) is 3.13. The summed E-state index contributed by atoms with van der Waals surface area (Å²) >= 11 is 1.28. The first kappa shape index (κ1) is 18.9. The first-order valence-corrected chi connectivity index (χ1v) is 9.02. The molecule has 2 aromatic rings. The fourth-order valence-electron chi connectivity index (χ4n) is 2.03. The summed E-state index contributed by atoms with van der Waals surface area (Å²) < 4.78 is 6.49. The van der Waals surface area contributed by atoms with E-state index in [-0.39, 0.29) is 17.6 Å². The number of tetrazole rings is 1. The lowest BCUT2D eigenvalue weighted by Crippen LogP contribution is -2.26. The molecular weight excluding hydrogens is 342 g/mol. The Morgan fingerprint density at radius 2 is 2.08 bits per heavy atom. The predicted molar refractivity (Wildman–Crippen MR) is 93.0 cm³/mol. The van der Waals surface area contributed by atoms with Crippen LogP contribution < -0.4 is 5.32 Å². The zero-order chi connectivity index (χ0) is 17.9. The van der Waals surface area contributed by atoms with E-state index in [9.17, 15) is 9.59 Å². The minimum atomic E-state index is -0.244. The van der Waals surface area contributed by atoms with Gasteiger partial charge in [0.15, 0.2) is 0 Å². The molecule has 1 aromatic heterocycles. The first-order valence-electron chi connectivity index (χ1n) is 8.04. The van der Waals surface area contributed by atoms with Gasteiger partial charge in [-0.25, -0.2) is 4.68 Å². The fraction of sp³-hybridized carbons (Fsp3) is 0.438. The maximum Gasteiger partial charge on any atom is 0.305 e. The van der Waals surface area contributed by atoms with Crippen LogP contribution in [0.25, 0.3) is 0 Å². The van der Waals surface area contributed by atoms with Crippen molar-refractivity contribution in [3.05, 3.63) is 35.9 Å². The second kappa shape index (κ2) is 10.4. The minimum Gasteiger partial charge on any atom is -0.466 e. The van der Waals surface area contributed by atoms with Crippen molar-refractivity contribution in [3.63, 3.8) is 0 Å². The number of ether oxygens (including phenoxy) is 1. The SMILES string of the molecule is CCOC(=O)CCCNC(=O)CSc1nnnn1Cc1ccccc1. The van der Waals surface area contributed by atoms with E-state index in [1.807, 2.05) is 30.3 Å². The molecule has 0 spiro atoms. The summed E-state index contributed by atoms with van der Waals surface area (Å²) in [5.74, 6) is -0.150. The van der Waals surface area contributed by atoms with Crippen LogP contribution >= 0.6 is 11.8 Å². The van der Waals surface area contributed by atoms with Crippen molar-refractivity contribution in [3.8, 4) is 0 Å². The zero-order valence-corrected chi connectivity index (χ0v) is 14.9.